The van der Waals surface area contributed by atoms with Gasteiger partial charge in [-0.25, -0.2) is 0 Å². The van der Waals surface area contributed by atoms with E-state index in [1.807, 2.05) is 0 Å². The van der Waals surface area contributed by atoms with Gasteiger partial charge >= 0.3 is 0 Å². The van der Waals surface area contributed by atoms with Crippen molar-refractivity contribution in [2.45, 2.75) is 47.0 Å². The van der Waals surface area contributed by atoms with Gasteiger partial charge in [0.1, 0.15) is 0 Å². The lowest BCUT2D eigenvalue weighted by Crippen LogP contribution is -2.65. The molecule has 8 atom stereocenters. The first-order chi connectivity index (χ1) is 8.96. The van der Waals surface area contributed by atoms with Gasteiger partial charge < -0.3 is 0 Å². The van der Waals surface area contributed by atoms with E-state index in [9.17, 15) is 0 Å². The number of rotatable bonds is 2. The van der Waals surface area contributed by atoms with Crippen LogP contribution in [0.3, 0.4) is 0 Å². The van der Waals surface area contributed by atoms with Crippen molar-refractivity contribution in [2.24, 2.45) is 46.3 Å². The first-order valence-electron chi connectivity index (χ1n) is 8.30. The summed E-state index contributed by atoms with van der Waals surface area (Å²) in [5, 5.41) is 0. The first kappa shape index (κ1) is 12.2. The molecular weight excluding hydrogens is 228 g/mol. The van der Waals surface area contributed by atoms with Crippen LogP contribution in [0.1, 0.15) is 47.0 Å². The third-order valence-corrected chi connectivity index (χ3v) is 8.21. The lowest BCUT2D eigenvalue weighted by atomic mass is 9.35. The fourth-order valence-corrected chi connectivity index (χ4v) is 7.25. The van der Waals surface area contributed by atoms with Gasteiger partial charge in [-0.15, -0.1) is 0 Å². The van der Waals surface area contributed by atoms with Gasteiger partial charge in [0.25, 0.3) is 0 Å². The highest BCUT2D eigenvalue weighted by Gasteiger charge is 2.79. The van der Waals surface area contributed by atoms with E-state index in [1.54, 1.807) is 0 Å². The molecule has 0 nitrogen and oxygen atoms in total. The van der Waals surface area contributed by atoms with Crippen LogP contribution >= 0.6 is 0 Å². The summed E-state index contributed by atoms with van der Waals surface area (Å²) >= 11 is 0. The van der Waals surface area contributed by atoms with Crippen molar-refractivity contribution in [1.29, 1.82) is 0 Å². The molecule has 0 heterocycles. The lowest BCUT2D eigenvalue weighted by molar-refractivity contribution is -0.204. The molecule has 0 aromatic rings. The standard InChI is InChI=1S/C19H28/c1-6-12-9-15(11(2)3)17-16(12)18(4)13-7-8-14(10-13)19(17,18)5/h7-8,12-17H,2,6,9-10H2,1,3-5H3. The fraction of sp³-hybridized carbons (Fsp3) is 0.789. The molecule has 4 aliphatic rings. The van der Waals surface area contributed by atoms with Crippen LogP contribution in [0.4, 0.5) is 0 Å². The van der Waals surface area contributed by atoms with Crippen molar-refractivity contribution in [2.75, 3.05) is 0 Å². The van der Waals surface area contributed by atoms with Crippen molar-refractivity contribution >= 4 is 0 Å². The molecule has 0 aliphatic heterocycles. The Morgan fingerprint density at radius 3 is 2.21 bits per heavy atom. The number of hydrogen-bond acceptors (Lipinski definition) is 0. The maximum atomic E-state index is 4.34. The lowest BCUT2D eigenvalue weighted by Gasteiger charge is -2.69. The number of fused-ring (bicyclic) bond motifs is 8. The maximum Gasteiger partial charge on any atom is -0.0163 e. The second kappa shape index (κ2) is 3.38. The molecule has 2 bridgehead atoms. The zero-order valence-corrected chi connectivity index (χ0v) is 12.9. The van der Waals surface area contributed by atoms with Crippen molar-refractivity contribution in [3.63, 3.8) is 0 Å². The summed E-state index contributed by atoms with van der Waals surface area (Å²) in [6.45, 7) is 14.3. The predicted octanol–water partition coefficient (Wildman–Crippen LogP) is 5.07. The highest BCUT2D eigenvalue weighted by Crippen LogP contribution is 2.84. The SMILES string of the molecule is C=C(C)C1CC(CC)C2C1C1(C)C3C=CC(C3)C21C. The second-order valence-electron chi connectivity index (χ2n) is 8.31. The first-order valence-corrected chi connectivity index (χ1v) is 8.30. The van der Waals surface area contributed by atoms with E-state index in [-0.39, 0.29) is 0 Å². The van der Waals surface area contributed by atoms with E-state index in [4.69, 9.17) is 0 Å². The molecule has 3 saturated carbocycles. The van der Waals surface area contributed by atoms with E-state index < -0.39 is 0 Å². The average molecular weight is 256 g/mol. The van der Waals surface area contributed by atoms with Crippen LogP contribution in [0.25, 0.3) is 0 Å². The van der Waals surface area contributed by atoms with Crippen molar-refractivity contribution < 1.29 is 0 Å². The van der Waals surface area contributed by atoms with Gasteiger partial charge in [-0.2, -0.15) is 0 Å². The van der Waals surface area contributed by atoms with Gasteiger partial charge in [0.2, 0.25) is 0 Å². The smallest absolute Gasteiger partial charge is 0.0163 e. The monoisotopic (exact) mass is 256 g/mol. The maximum absolute atomic E-state index is 4.34. The van der Waals surface area contributed by atoms with Gasteiger partial charge in [-0.3, -0.25) is 0 Å². The van der Waals surface area contributed by atoms with Crippen molar-refractivity contribution in [1.82, 2.24) is 0 Å². The van der Waals surface area contributed by atoms with E-state index in [2.05, 4.69) is 46.4 Å². The molecule has 0 aromatic carbocycles. The van der Waals surface area contributed by atoms with Crippen LogP contribution in [-0.2, 0) is 0 Å². The molecular formula is C19H28. The summed E-state index contributed by atoms with van der Waals surface area (Å²) in [6, 6.07) is 0. The van der Waals surface area contributed by atoms with Gasteiger partial charge in [-0.1, -0.05) is 51.5 Å². The van der Waals surface area contributed by atoms with Crippen LogP contribution in [0.2, 0.25) is 0 Å². The van der Waals surface area contributed by atoms with Gasteiger partial charge in [-0.05, 0) is 66.1 Å². The molecule has 4 aliphatic carbocycles. The molecule has 0 radical (unpaired) electrons. The summed E-state index contributed by atoms with van der Waals surface area (Å²) in [6.07, 6.45) is 9.35. The van der Waals surface area contributed by atoms with Crippen LogP contribution in [0, 0.1) is 46.3 Å². The molecule has 0 aromatic heterocycles. The van der Waals surface area contributed by atoms with Crippen LogP contribution in [0.5, 0.6) is 0 Å². The summed E-state index contributed by atoms with van der Waals surface area (Å²) in [5.74, 6) is 5.41. The fourth-order valence-electron chi connectivity index (χ4n) is 7.25. The molecule has 0 saturated heterocycles. The molecule has 4 rings (SSSR count). The minimum Gasteiger partial charge on any atom is -0.0998 e. The number of allylic oxidation sites excluding steroid dienone is 3. The van der Waals surface area contributed by atoms with E-state index in [0.717, 1.165) is 35.5 Å². The van der Waals surface area contributed by atoms with E-state index in [1.165, 1.54) is 24.8 Å². The predicted molar refractivity (Wildman–Crippen MR) is 80.6 cm³/mol. The average Bonchev–Trinajstić information content (AvgIpc) is 3.03. The molecule has 104 valence electrons. The normalized spacial score (nSPS) is 60.8. The molecule has 0 N–H and O–H groups in total. The Morgan fingerprint density at radius 1 is 1.11 bits per heavy atom. The zero-order chi connectivity index (χ0) is 13.6. The molecule has 19 heavy (non-hydrogen) atoms. The Balaban J connectivity index is 1.81. The molecule has 8 unspecified atom stereocenters. The summed E-state index contributed by atoms with van der Waals surface area (Å²) in [5.41, 5.74) is 2.63. The Morgan fingerprint density at radius 2 is 1.68 bits per heavy atom. The third kappa shape index (κ3) is 1.04. The van der Waals surface area contributed by atoms with Crippen molar-refractivity contribution in [3.8, 4) is 0 Å². The van der Waals surface area contributed by atoms with Crippen LogP contribution < -0.4 is 0 Å². The third-order valence-electron chi connectivity index (χ3n) is 8.21. The zero-order valence-electron chi connectivity index (χ0n) is 12.9. The Kier molecular flexibility index (Phi) is 2.18. The molecule has 0 spiro atoms. The summed E-state index contributed by atoms with van der Waals surface area (Å²) < 4.78 is 0. The van der Waals surface area contributed by atoms with Crippen molar-refractivity contribution in [3.05, 3.63) is 24.3 Å². The molecule has 3 fully saturated rings. The van der Waals surface area contributed by atoms with Crippen LogP contribution in [-0.4, -0.2) is 0 Å². The minimum absolute atomic E-state index is 0.574. The topological polar surface area (TPSA) is 0 Å². The largest absolute Gasteiger partial charge is 0.0998 e. The van der Waals surface area contributed by atoms with E-state index in [0.29, 0.717) is 10.8 Å². The van der Waals surface area contributed by atoms with Crippen LogP contribution in [0.15, 0.2) is 24.3 Å². The highest BCUT2D eigenvalue weighted by atomic mass is 14.8. The molecule has 0 amide bonds. The minimum atomic E-state index is 0.574. The Labute approximate surface area is 118 Å². The summed E-state index contributed by atoms with van der Waals surface area (Å²) in [4.78, 5) is 0. The van der Waals surface area contributed by atoms with Gasteiger partial charge in [0, 0.05) is 0 Å². The number of hydrogen-bond donors (Lipinski definition) is 0. The highest BCUT2D eigenvalue weighted by molar-refractivity contribution is 5.35. The Bertz CT molecular complexity index is 472. The Hall–Kier alpha value is -0.520. The molecule has 0 heteroatoms. The summed E-state index contributed by atoms with van der Waals surface area (Å²) in [7, 11) is 0. The van der Waals surface area contributed by atoms with Gasteiger partial charge in [0.05, 0.1) is 0 Å². The second-order valence-corrected chi connectivity index (χ2v) is 8.31. The quantitative estimate of drug-likeness (QED) is 0.605. The van der Waals surface area contributed by atoms with Gasteiger partial charge in [0.15, 0.2) is 0 Å². The van der Waals surface area contributed by atoms with E-state index >= 15 is 0 Å².